The first kappa shape index (κ1) is 31.5. The van der Waals surface area contributed by atoms with Gasteiger partial charge in [0.05, 0.1) is 11.4 Å². The van der Waals surface area contributed by atoms with E-state index in [1.165, 1.54) is 0 Å². The molecule has 0 heterocycles. The number of ether oxygens (including phenoxy) is 6. The molecule has 0 radical (unpaired) electrons. The van der Waals surface area contributed by atoms with Crippen LogP contribution in [0.2, 0.25) is 0 Å². The quantitative estimate of drug-likeness (QED) is 0.125. The lowest BCUT2D eigenvalue weighted by Gasteiger charge is -2.14. The SMILES string of the molecule is Nc1ccccc1Oc1ccc(Oc2ccccc2Oc2ccc(Oc3ccccc3Oc3ccc(Oc4ccccc4N)cc3)cc2)cc1. The van der Waals surface area contributed by atoms with Crippen LogP contribution in [0.3, 0.4) is 0 Å². The van der Waals surface area contributed by atoms with Crippen molar-refractivity contribution in [3.8, 4) is 69.0 Å². The molecule has 246 valence electrons. The van der Waals surface area contributed by atoms with Crippen LogP contribution in [-0.2, 0) is 0 Å². The summed E-state index contributed by atoms with van der Waals surface area (Å²) in [5.41, 5.74) is 13.1. The van der Waals surface area contributed by atoms with E-state index in [1.807, 2.05) is 158 Å². The maximum atomic E-state index is 6.20. The molecule has 50 heavy (non-hydrogen) atoms. The average molecular weight is 661 g/mol. The van der Waals surface area contributed by atoms with E-state index in [-0.39, 0.29) is 0 Å². The van der Waals surface area contributed by atoms with Crippen molar-refractivity contribution in [3.05, 3.63) is 170 Å². The maximum absolute atomic E-state index is 6.20. The Morgan fingerprint density at radius 3 is 0.620 bits per heavy atom. The van der Waals surface area contributed by atoms with Crippen LogP contribution in [0.1, 0.15) is 0 Å². The van der Waals surface area contributed by atoms with Gasteiger partial charge >= 0.3 is 0 Å². The predicted molar refractivity (Wildman–Crippen MR) is 194 cm³/mol. The summed E-state index contributed by atoms with van der Waals surface area (Å²) in [5, 5.41) is 0. The molecule has 0 saturated carbocycles. The third kappa shape index (κ3) is 7.90. The topological polar surface area (TPSA) is 107 Å². The van der Waals surface area contributed by atoms with Gasteiger partial charge in [-0.25, -0.2) is 0 Å². The molecule has 8 heteroatoms. The molecule has 0 aliphatic heterocycles. The van der Waals surface area contributed by atoms with Gasteiger partial charge in [0.2, 0.25) is 0 Å². The highest BCUT2D eigenvalue weighted by Gasteiger charge is 2.11. The van der Waals surface area contributed by atoms with Crippen molar-refractivity contribution in [1.29, 1.82) is 0 Å². The highest BCUT2D eigenvalue weighted by molar-refractivity contribution is 5.55. The van der Waals surface area contributed by atoms with E-state index in [2.05, 4.69) is 0 Å². The Balaban J connectivity index is 0.974. The lowest BCUT2D eigenvalue weighted by Crippen LogP contribution is -1.93. The summed E-state index contributed by atoms with van der Waals surface area (Å²) in [4.78, 5) is 0. The number of hydrogen-bond donors (Lipinski definition) is 2. The van der Waals surface area contributed by atoms with Crippen LogP contribution in [0.15, 0.2) is 170 Å². The molecule has 0 amide bonds. The van der Waals surface area contributed by atoms with Gasteiger partial charge in [0.1, 0.15) is 46.0 Å². The Bertz CT molecular complexity index is 2030. The maximum Gasteiger partial charge on any atom is 0.169 e. The number of benzene rings is 7. The van der Waals surface area contributed by atoms with Gasteiger partial charge in [0.15, 0.2) is 23.0 Å². The van der Waals surface area contributed by atoms with E-state index in [1.54, 1.807) is 12.1 Å². The first-order chi connectivity index (χ1) is 24.6. The summed E-state index contributed by atoms with van der Waals surface area (Å²) >= 11 is 0. The molecule has 4 N–H and O–H groups in total. The normalized spacial score (nSPS) is 10.6. The van der Waals surface area contributed by atoms with Crippen molar-refractivity contribution in [2.45, 2.75) is 0 Å². The minimum atomic E-state index is 0.556. The van der Waals surface area contributed by atoms with E-state index >= 15 is 0 Å². The summed E-state index contributed by atoms with van der Waals surface area (Å²) in [6.45, 7) is 0. The standard InChI is InChI=1S/C42H32N2O6/c43-35-9-1-3-11-37(35)45-29-17-21-31(22-18-29)47-39-13-5-7-15-41(39)49-33-25-27-34(28-26-33)50-42-16-8-6-14-40(42)48-32-23-19-30(20-24-32)46-38-12-4-2-10-36(38)44/h1-28H,43-44H2. The molecule has 0 aliphatic rings. The number of para-hydroxylation sites is 8. The Kier molecular flexibility index (Phi) is 9.33. The van der Waals surface area contributed by atoms with Gasteiger partial charge in [0.25, 0.3) is 0 Å². The zero-order valence-corrected chi connectivity index (χ0v) is 26.8. The van der Waals surface area contributed by atoms with Crippen LogP contribution >= 0.6 is 0 Å². The van der Waals surface area contributed by atoms with Crippen LogP contribution < -0.4 is 39.9 Å². The molecule has 7 aromatic carbocycles. The molecule has 0 unspecified atom stereocenters. The Morgan fingerprint density at radius 2 is 0.400 bits per heavy atom. The highest BCUT2D eigenvalue weighted by atomic mass is 16.5. The average Bonchev–Trinajstić information content (AvgIpc) is 3.14. The second-order valence-electron chi connectivity index (χ2n) is 11.0. The predicted octanol–water partition coefficient (Wildman–Crippen LogP) is 11.6. The van der Waals surface area contributed by atoms with E-state index in [9.17, 15) is 0 Å². The summed E-state index contributed by atoms with van der Waals surface area (Å²) in [7, 11) is 0. The zero-order valence-electron chi connectivity index (χ0n) is 26.8. The van der Waals surface area contributed by atoms with Crippen LogP contribution in [0, 0.1) is 0 Å². The molecule has 8 nitrogen and oxygen atoms in total. The molecule has 0 saturated heterocycles. The van der Waals surface area contributed by atoms with E-state index in [0.29, 0.717) is 80.4 Å². The van der Waals surface area contributed by atoms with Gasteiger partial charge in [-0.2, -0.15) is 0 Å². The van der Waals surface area contributed by atoms with Crippen LogP contribution in [0.25, 0.3) is 0 Å². The van der Waals surface area contributed by atoms with E-state index < -0.39 is 0 Å². The van der Waals surface area contributed by atoms with Crippen molar-refractivity contribution >= 4 is 11.4 Å². The fourth-order valence-corrected chi connectivity index (χ4v) is 4.87. The fraction of sp³-hybridized carbons (Fsp3) is 0. The largest absolute Gasteiger partial charge is 0.455 e. The summed E-state index contributed by atoms with van der Waals surface area (Å²) in [6.07, 6.45) is 0. The van der Waals surface area contributed by atoms with Gasteiger partial charge in [-0.1, -0.05) is 48.5 Å². The van der Waals surface area contributed by atoms with E-state index in [0.717, 1.165) is 0 Å². The second-order valence-corrected chi connectivity index (χ2v) is 11.0. The minimum Gasteiger partial charge on any atom is -0.455 e. The second kappa shape index (κ2) is 14.8. The van der Waals surface area contributed by atoms with E-state index in [4.69, 9.17) is 39.9 Å². The number of hydrogen-bond acceptors (Lipinski definition) is 8. The number of anilines is 2. The van der Waals surface area contributed by atoms with Gasteiger partial charge in [0, 0.05) is 0 Å². The van der Waals surface area contributed by atoms with Gasteiger partial charge < -0.3 is 39.9 Å². The Hall–Kier alpha value is -7.06. The fourth-order valence-electron chi connectivity index (χ4n) is 4.87. The molecule has 0 aliphatic carbocycles. The third-order valence-electron chi connectivity index (χ3n) is 7.37. The number of nitrogens with two attached hydrogens (primary N) is 2. The Morgan fingerprint density at radius 1 is 0.220 bits per heavy atom. The highest BCUT2D eigenvalue weighted by Crippen LogP contribution is 2.39. The zero-order chi connectivity index (χ0) is 34.1. The van der Waals surface area contributed by atoms with Crippen molar-refractivity contribution in [2.75, 3.05) is 11.5 Å². The molecule has 0 bridgehead atoms. The van der Waals surface area contributed by atoms with Gasteiger partial charge in [-0.3, -0.25) is 0 Å². The molecule has 0 fully saturated rings. The van der Waals surface area contributed by atoms with Crippen molar-refractivity contribution in [3.63, 3.8) is 0 Å². The smallest absolute Gasteiger partial charge is 0.169 e. The minimum absolute atomic E-state index is 0.556. The Labute approximate surface area is 289 Å². The van der Waals surface area contributed by atoms with Crippen molar-refractivity contribution < 1.29 is 28.4 Å². The van der Waals surface area contributed by atoms with Crippen LogP contribution in [0.5, 0.6) is 69.0 Å². The molecule has 7 rings (SSSR count). The van der Waals surface area contributed by atoms with Gasteiger partial charge in [-0.15, -0.1) is 0 Å². The lowest BCUT2D eigenvalue weighted by atomic mass is 10.2. The first-order valence-corrected chi connectivity index (χ1v) is 15.8. The summed E-state index contributed by atoms with van der Waals surface area (Å²) < 4.78 is 36.5. The lowest BCUT2D eigenvalue weighted by molar-refractivity contribution is 0.412. The molecule has 0 spiro atoms. The third-order valence-corrected chi connectivity index (χ3v) is 7.37. The summed E-state index contributed by atoms with van der Waals surface area (Å²) in [6, 6.07) is 51.5. The van der Waals surface area contributed by atoms with Crippen LogP contribution in [0.4, 0.5) is 11.4 Å². The summed E-state index contributed by atoms with van der Waals surface area (Å²) in [5.74, 6) is 7.19. The molecular formula is C42H32N2O6. The molecular weight excluding hydrogens is 628 g/mol. The van der Waals surface area contributed by atoms with Gasteiger partial charge in [-0.05, 0) is 121 Å². The monoisotopic (exact) mass is 660 g/mol. The molecule has 0 atom stereocenters. The van der Waals surface area contributed by atoms with Crippen LogP contribution in [-0.4, -0.2) is 0 Å². The van der Waals surface area contributed by atoms with Crippen molar-refractivity contribution in [2.24, 2.45) is 0 Å². The number of rotatable bonds is 12. The number of nitrogen functional groups attached to an aromatic ring is 2. The first-order valence-electron chi connectivity index (χ1n) is 15.8. The molecule has 0 aromatic heterocycles. The van der Waals surface area contributed by atoms with Crippen molar-refractivity contribution in [1.82, 2.24) is 0 Å². The molecule has 7 aromatic rings.